The molecule has 0 bridgehead atoms. The quantitative estimate of drug-likeness (QED) is 0.871. The van der Waals surface area contributed by atoms with Gasteiger partial charge in [-0.05, 0) is 36.8 Å². The Morgan fingerprint density at radius 3 is 2.70 bits per heavy atom. The van der Waals surface area contributed by atoms with Gasteiger partial charge in [0.15, 0.2) is 10.8 Å². The molecular weight excluding hydrogens is 281 g/mol. The Hall–Kier alpha value is -2.01. The fraction of sp³-hybridized carbons (Fsp3) is 0.214. The highest BCUT2D eigenvalue weighted by atomic mass is 35.5. The third-order valence-corrected chi connectivity index (χ3v) is 2.98. The molecule has 0 aliphatic carbocycles. The topological polar surface area (TPSA) is 46.1 Å². The first-order valence-electron chi connectivity index (χ1n) is 6.13. The van der Waals surface area contributed by atoms with Crippen molar-refractivity contribution in [3.05, 3.63) is 58.6 Å². The number of aromatic nitrogens is 2. The number of amides is 1. The fourth-order valence-electron chi connectivity index (χ4n) is 1.77. The van der Waals surface area contributed by atoms with Gasteiger partial charge in [0.05, 0.1) is 0 Å². The van der Waals surface area contributed by atoms with Crippen LogP contribution in [0.25, 0.3) is 0 Å². The molecule has 2 aromatic rings. The van der Waals surface area contributed by atoms with Crippen molar-refractivity contribution in [1.82, 2.24) is 15.1 Å². The Kier molecular flexibility index (Phi) is 4.63. The van der Waals surface area contributed by atoms with Gasteiger partial charge in [0.2, 0.25) is 0 Å². The smallest absolute Gasteiger partial charge is 0.274 e. The summed E-state index contributed by atoms with van der Waals surface area (Å²) in [5, 5.41) is 7.64. The summed E-state index contributed by atoms with van der Waals surface area (Å²) in [7, 11) is 0. The van der Waals surface area contributed by atoms with Crippen molar-refractivity contribution in [3.8, 4) is 0 Å². The molecular formula is C14H13ClFN3O. The number of halogens is 2. The lowest BCUT2D eigenvalue weighted by Gasteiger charge is -2.20. The number of hydrogen-bond acceptors (Lipinski definition) is 3. The molecule has 4 nitrogen and oxygen atoms in total. The van der Waals surface area contributed by atoms with E-state index in [-0.39, 0.29) is 22.6 Å². The van der Waals surface area contributed by atoms with Gasteiger partial charge in [0.25, 0.3) is 5.91 Å². The molecule has 6 heteroatoms. The minimum Gasteiger partial charge on any atom is -0.333 e. The average Bonchev–Trinajstić information content (AvgIpc) is 2.45. The molecule has 0 saturated carbocycles. The van der Waals surface area contributed by atoms with Crippen molar-refractivity contribution >= 4 is 17.5 Å². The van der Waals surface area contributed by atoms with Crippen molar-refractivity contribution < 1.29 is 9.18 Å². The Bertz CT molecular complexity index is 604. The zero-order chi connectivity index (χ0) is 14.5. The maximum atomic E-state index is 13.1. The van der Waals surface area contributed by atoms with Gasteiger partial charge in [-0.1, -0.05) is 23.7 Å². The third kappa shape index (κ3) is 3.51. The lowest BCUT2D eigenvalue weighted by atomic mass is 10.2. The Morgan fingerprint density at radius 1 is 1.30 bits per heavy atom. The van der Waals surface area contributed by atoms with Gasteiger partial charge in [-0.3, -0.25) is 4.79 Å². The van der Waals surface area contributed by atoms with Crippen molar-refractivity contribution in [2.24, 2.45) is 0 Å². The van der Waals surface area contributed by atoms with Crippen LogP contribution in [-0.2, 0) is 6.54 Å². The maximum absolute atomic E-state index is 13.1. The highest BCUT2D eigenvalue weighted by Crippen LogP contribution is 2.11. The van der Waals surface area contributed by atoms with Gasteiger partial charge in [-0.25, -0.2) is 4.39 Å². The Balaban J connectivity index is 2.15. The zero-order valence-electron chi connectivity index (χ0n) is 10.9. The van der Waals surface area contributed by atoms with E-state index in [1.165, 1.54) is 24.3 Å². The molecule has 0 fully saturated rings. The lowest BCUT2D eigenvalue weighted by molar-refractivity contribution is 0.0745. The highest BCUT2D eigenvalue weighted by Gasteiger charge is 2.16. The van der Waals surface area contributed by atoms with Crippen LogP contribution in [-0.4, -0.2) is 27.5 Å². The second-order valence-corrected chi connectivity index (χ2v) is 4.58. The molecule has 0 radical (unpaired) electrons. The molecule has 0 spiro atoms. The summed E-state index contributed by atoms with van der Waals surface area (Å²) in [6.45, 7) is 2.65. The highest BCUT2D eigenvalue weighted by molar-refractivity contribution is 6.29. The van der Waals surface area contributed by atoms with E-state index < -0.39 is 0 Å². The van der Waals surface area contributed by atoms with Crippen LogP contribution in [0.5, 0.6) is 0 Å². The molecule has 0 unspecified atom stereocenters. The summed E-state index contributed by atoms with van der Waals surface area (Å²) in [5.41, 5.74) is 0.940. The molecule has 0 aliphatic heterocycles. The molecule has 0 aliphatic rings. The molecule has 1 heterocycles. The molecule has 0 saturated heterocycles. The minimum atomic E-state index is -0.322. The standard InChI is InChI=1S/C14H13ClFN3O/c1-2-19(9-10-4-3-5-11(16)8-10)14(20)12-6-7-13(15)18-17-12/h3-8H,2,9H2,1H3. The maximum Gasteiger partial charge on any atom is 0.274 e. The molecule has 20 heavy (non-hydrogen) atoms. The molecule has 2 rings (SSSR count). The van der Waals surface area contributed by atoms with E-state index in [1.807, 2.05) is 6.92 Å². The van der Waals surface area contributed by atoms with Crippen LogP contribution in [0.15, 0.2) is 36.4 Å². The Morgan fingerprint density at radius 2 is 2.10 bits per heavy atom. The van der Waals surface area contributed by atoms with Crippen molar-refractivity contribution in [1.29, 1.82) is 0 Å². The van der Waals surface area contributed by atoms with Gasteiger partial charge in [-0.15, -0.1) is 10.2 Å². The van der Waals surface area contributed by atoms with E-state index in [9.17, 15) is 9.18 Å². The summed E-state index contributed by atoms with van der Waals surface area (Å²) >= 11 is 5.64. The van der Waals surface area contributed by atoms with Gasteiger partial charge in [-0.2, -0.15) is 0 Å². The molecule has 0 N–H and O–H groups in total. The van der Waals surface area contributed by atoms with Crippen LogP contribution in [0.2, 0.25) is 5.15 Å². The molecule has 0 atom stereocenters. The number of nitrogens with zero attached hydrogens (tertiary/aromatic N) is 3. The number of hydrogen-bond donors (Lipinski definition) is 0. The number of carbonyl (C=O) groups is 1. The van der Waals surface area contributed by atoms with Crippen LogP contribution in [0.3, 0.4) is 0 Å². The largest absolute Gasteiger partial charge is 0.333 e. The van der Waals surface area contributed by atoms with Crippen LogP contribution in [0.4, 0.5) is 4.39 Å². The van der Waals surface area contributed by atoms with Crippen molar-refractivity contribution in [2.75, 3.05) is 6.54 Å². The number of carbonyl (C=O) groups excluding carboxylic acids is 1. The lowest BCUT2D eigenvalue weighted by Crippen LogP contribution is -2.31. The van der Waals surface area contributed by atoms with Gasteiger partial charge < -0.3 is 4.90 Å². The van der Waals surface area contributed by atoms with Crippen molar-refractivity contribution in [2.45, 2.75) is 13.5 Å². The van der Waals surface area contributed by atoms with E-state index >= 15 is 0 Å². The van der Waals surface area contributed by atoms with Gasteiger partial charge in [0, 0.05) is 13.1 Å². The number of benzene rings is 1. The van der Waals surface area contributed by atoms with E-state index in [4.69, 9.17) is 11.6 Å². The van der Waals surface area contributed by atoms with Crippen LogP contribution in [0.1, 0.15) is 23.0 Å². The predicted molar refractivity (Wildman–Crippen MR) is 73.9 cm³/mol. The number of rotatable bonds is 4. The molecule has 104 valence electrons. The van der Waals surface area contributed by atoms with Crippen LogP contribution >= 0.6 is 11.6 Å². The first kappa shape index (κ1) is 14.4. The normalized spacial score (nSPS) is 10.3. The van der Waals surface area contributed by atoms with E-state index in [0.29, 0.717) is 13.1 Å². The molecule has 1 amide bonds. The molecule has 1 aromatic heterocycles. The van der Waals surface area contributed by atoms with Crippen LogP contribution < -0.4 is 0 Å². The van der Waals surface area contributed by atoms with Gasteiger partial charge in [0.1, 0.15) is 5.82 Å². The minimum absolute atomic E-state index is 0.215. The average molecular weight is 294 g/mol. The summed E-state index contributed by atoms with van der Waals surface area (Å²) in [4.78, 5) is 13.8. The molecule has 1 aromatic carbocycles. The second-order valence-electron chi connectivity index (χ2n) is 4.19. The Labute approximate surface area is 121 Å². The van der Waals surface area contributed by atoms with E-state index in [2.05, 4.69) is 10.2 Å². The van der Waals surface area contributed by atoms with E-state index in [0.717, 1.165) is 5.56 Å². The van der Waals surface area contributed by atoms with Crippen LogP contribution in [0, 0.1) is 5.82 Å². The second kappa shape index (κ2) is 6.43. The predicted octanol–water partition coefficient (Wildman–Crippen LogP) is 2.93. The third-order valence-electron chi connectivity index (χ3n) is 2.78. The zero-order valence-corrected chi connectivity index (χ0v) is 11.6. The SMILES string of the molecule is CCN(Cc1cccc(F)c1)C(=O)c1ccc(Cl)nn1. The summed E-state index contributed by atoms with van der Waals surface area (Å²) in [6, 6.07) is 9.19. The van der Waals surface area contributed by atoms with Gasteiger partial charge >= 0.3 is 0 Å². The first-order valence-corrected chi connectivity index (χ1v) is 6.51. The summed E-state index contributed by atoms with van der Waals surface area (Å²) in [6.07, 6.45) is 0. The van der Waals surface area contributed by atoms with E-state index in [1.54, 1.807) is 17.0 Å². The van der Waals surface area contributed by atoms with Crippen molar-refractivity contribution in [3.63, 3.8) is 0 Å². The fourth-order valence-corrected chi connectivity index (χ4v) is 1.88. The summed E-state index contributed by atoms with van der Waals surface area (Å²) in [5.74, 6) is -0.585. The first-order chi connectivity index (χ1) is 9.60. The monoisotopic (exact) mass is 293 g/mol. The summed E-state index contributed by atoms with van der Waals surface area (Å²) < 4.78 is 13.1.